The van der Waals surface area contributed by atoms with Crippen LogP contribution in [0.3, 0.4) is 0 Å². The van der Waals surface area contributed by atoms with E-state index >= 15 is 0 Å². The van der Waals surface area contributed by atoms with Gasteiger partial charge in [0.15, 0.2) is 0 Å². The summed E-state index contributed by atoms with van der Waals surface area (Å²) in [4.78, 5) is 12.1. The van der Waals surface area contributed by atoms with Crippen LogP contribution in [0.2, 0.25) is 0 Å². The first-order valence-corrected chi connectivity index (χ1v) is 7.88. The van der Waals surface area contributed by atoms with Gasteiger partial charge < -0.3 is 5.11 Å². The number of carbonyl (C=O) groups is 1. The molecule has 2 heteroatoms. The fourth-order valence-corrected chi connectivity index (χ4v) is 4.57. The minimum Gasteiger partial charge on any atom is -0.393 e. The molecule has 1 aromatic carbocycles. The van der Waals surface area contributed by atoms with Crippen molar-refractivity contribution in [1.29, 1.82) is 0 Å². The summed E-state index contributed by atoms with van der Waals surface area (Å²) in [5, 5.41) is 10.7. The Balaban J connectivity index is 1.94. The van der Waals surface area contributed by atoms with E-state index in [1.165, 1.54) is 5.56 Å². The molecule has 2 nitrogen and oxygen atoms in total. The van der Waals surface area contributed by atoms with Crippen molar-refractivity contribution in [3.05, 3.63) is 35.9 Å². The summed E-state index contributed by atoms with van der Waals surface area (Å²) >= 11 is 0. The quantitative estimate of drug-likeness (QED) is 0.896. The predicted octanol–water partition coefficient (Wildman–Crippen LogP) is 3.38. The van der Waals surface area contributed by atoms with Gasteiger partial charge in [0.1, 0.15) is 5.78 Å². The summed E-state index contributed by atoms with van der Waals surface area (Å²) < 4.78 is 0. The number of hydrogen-bond acceptors (Lipinski definition) is 2. The van der Waals surface area contributed by atoms with Gasteiger partial charge in [-0.25, -0.2) is 0 Å². The molecule has 0 spiro atoms. The van der Waals surface area contributed by atoms with Crippen molar-refractivity contribution in [2.75, 3.05) is 0 Å². The van der Waals surface area contributed by atoms with Crippen LogP contribution in [0.1, 0.15) is 44.6 Å². The maximum absolute atomic E-state index is 12.1. The van der Waals surface area contributed by atoms with E-state index in [9.17, 15) is 9.90 Å². The first-order chi connectivity index (χ1) is 9.63. The van der Waals surface area contributed by atoms with Gasteiger partial charge in [0, 0.05) is 17.8 Å². The van der Waals surface area contributed by atoms with Crippen molar-refractivity contribution in [3.63, 3.8) is 0 Å². The fraction of sp³-hybridized carbons (Fsp3) is 0.611. The van der Waals surface area contributed by atoms with Crippen LogP contribution in [0, 0.1) is 17.3 Å². The summed E-state index contributed by atoms with van der Waals surface area (Å²) in [5.74, 6) is 0.864. The maximum atomic E-state index is 12.1. The Morgan fingerprint density at radius 3 is 2.75 bits per heavy atom. The van der Waals surface area contributed by atoms with Gasteiger partial charge in [-0.15, -0.1) is 0 Å². The van der Waals surface area contributed by atoms with Crippen LogP contribution in [-0.2, 0) is 11.2 Å². The molecule has 4 atom stereocenters. The second-order valence-electron chi connectivity index (χ2n) is 6.70. The van der Waals surface area contributed by atoms with Crippen LogP contribution < -0.4 is 0 Å². The Morgan fingerprint density at radius 2 is 2.00 bits per heavy atom. The lowest BCUT2D eigenvalue weighted by atomic mass is 9.53. The van der Waals surface area contributed by atoms with Gasteiger partial charge in [-0.1, -0.05) is 43.7 Å². The number of ketones is 1. The second kappa shape index (κ2) is 5.33. The lowest BCUT2D eigenvalue weighted by molar-refractivity contribution is -0.143. The minimum atomic E-state index is -0.253. The zero-order chi connectivity index (χ0) is 14.2. The number of carbonyl (C=O) groups excluding carboxylic acids is 1. The molecule has 4 unspecified atom stereocenters. The number of hydrogen-bond donors (Lipinski definition) is 1. The molecule has 0 saturated heterocycles. The van der Waals surface area contributed by atoms with Crippen molar-refractivity contribution in [2.45, 2.75) is 51.6 Å². The average Bonchev–Trinajstić information content (AvgIpc) is 2.46. The monoisotopic (exact) mass is 272 g/mol. The zero-order valence-electron chi connectivity index (χ0n) is 12.2. The van der Waals surface area contributed by atoms with E-state index in [2.05, 4.69) is 31.2 Å². The minimum absolute atomic E-state index is 0.0765. The maximum Gasteiger partial charge on any atom is 0.136 e. The highest BCUT2D eigenvalue weighted by molar-refractivity contribution is 5.82. The molecule has 0 aliphatic heterocycles. The molecule has 0 aromatic heterocycles. The first kappa shape index (κ1) is 13.8. The van der Waals surface area contributed by atoms with Crippen molar-refractivity contribution in [2.24, 2.45) is 17.3 Å². The number of rotatable bonds is 2. The van der Waals surface area contributed by atoms with E-state index in [1.54, 1.807) is 0 Å². The normalized spacial score (nSPS) is 37.5. The molecule has 1 N–H and O–H groups in total. The highest BCUT2D eigenvalue weighted by Gasteiger charge is 2.52. The number of Topliss-reactive ketones (excluding diaryl/α,β-unsaturated/α-hetero) is 1. The van der Waals surface area contributed by atoms with Crippen molar-refractivity contribution >= 4 is 5.78 Å². The first-order valence-electron chi connectivity index (χ1n) is 7.88. The molecule has 0 heterocycles. The molecular weight excluding hydrogens is 248 g/mol. The van der Waals surface area contributed by atoms with Crippen LogP contribution >= 0.6 is 0 Å². The molecule has 0 radical (unpaired) electrons. The molecular formula is C18H24O2. The van der Waals surface area contributed by atoms with E-state index in [0.717, 1.165) is 32.1 Å². The lowest BCUT2D eigenvalue weighted by Gasteiger charge is -2.52. The van der Waals surface area contributed by atoms with Gasteiger partial charge >= 0.3 is 0 Å². The Labute approximate surface area is 121 Å². The molecule has 20 heavy (non-hydrogen) atoms. The average molecular weight is 272 g/mol. The molecule has 2 saturated carbocycles. The lowest BCUT2D eigenvalue weighted by Crippen LogP contribution is -2.53. The van der Waals surface area contributed by atoms with E-state index in [4.69, 9.17) is 0 Å². The third kappa shape index (κ3) is 2.20. The summed E-state index contributed by atoms with van der Waals surface area (Å²) in [6.07, 6.45) is 5.20. The number of benzene rings is 1. The highest BCUT2D eigenvalue weighted by atomic mass is 16.3. The Morgan fingerprint density at radius 1 is 1.25 bits per heavy atom. The van der Waals surface area contributed by atoms with Gasteiger partial charge in [0.2, 0.25) is 0 Å². The smallest absolute Gasteiger partial charge is 0.136 e. The molecule has 3 rings (SSSR count). The Bertz CT molecular complexity index is 481. The van der Waals surface area contributed by atoms with Crippen molar-refractivity contribution in [3.8, 4) is 0 Å². The number of aliphatic hydroxyl groups is 1. The third-order valence-corrected chi connectivity index (χ3v) is 5.72. The van der Waals surface area contributed by atoms with Gasteiger partial charge in [-0.3, -0.25) is 4.79 Å². The molecule has 2 fully saturated rings. The van der Waals surface area contributed by atoms with Gasteiger partial charge in [-0.2, -0.15) is 0 Å². The summed E-state index contributed by atoms with van der Waals surface area (Å²) in [5.41, 5.74) is 1.22. The fourth-order valence-electron chi connectivity index (χ4n) is 4.57. The van der Waals surface area contributed by atoms with Crippen LogP contribution in [0.4, 0.5) is 0 Å². The largest absolute Gasteiger partial charge is 0.393 e. The molecule has 2 aliphatic carbocycles. The van der Waals surface area contributed by atoms with E-state index in [0.29, 0.717) is 18.1 Å². The van der Waals surface area contributed by atoms with E-state index < -0.39 is 0 Å². The molecule has 108 valence electrons. The molecule has 0 amide bonds. The topological polar surface area (TPSA) is 37.3 Å². The zero-order valence-corrected chi connectivity index (χ0v) is 12.2. The van der Waals surface area contributed by atoms with Crippen LogP contribution in [0.25, 0.3) is 0 Å². The van der Waals surface area contributed by atoms with E-state index in [-0.39, 0.29) is 17.4 Å². The molecule has 1 aromatic rings. The number of aliphatic hydroxyl groups excluding tert-OH is 1. The molecule has 2 aliphatic rings. The predicted molar refractivity (Wildman–Crippen MR) is 79.3 cm³/mol. The Hall–Kier alpha value is -1.15. The van der Waals surface area contributed by atoms with Crippen LogP contribution in [-0.4, -0.2) is 17.0 Å². The van der Waals surface area contributed by atoms with E-state index in [1.807, 2.05) is 6.07 Å². The van der Waals surface area contributed by atoms with Gasteiger partial charge in [-0.05, 0) is 37.2 Å². The molecule has 0 bridgehead atoms. The van der Waals surface area contributed by atoms with Gasteiger partial charge in [0.25, 0.3) is 0 Å². The van der Waals surface area contributed by atoms with Crippen LogP contribution in [0.15, 0.2) is 30.3 Å². The summed E-state index contributed by atoms with van der Waals surface area (Å²) in [6.45, 7) is 2.07. The summed E-state index contributed by atoms with van der Waals surface area (Å²) in [6, 6.07) is 10.5. The van der Waals surface area contributed by atoms with Crippen molar-refractivity contribution < 1.29 is 9.90 Å². The Kier molecular flexibility index (Phi) is 3.68. The van der Waals surface area contributed by atoms with Gasteiger partial charge in [0.05, 0.1) is 6.10 Å². The standard InChI is InChI=1S/C18H24O2/c1-13-15-8-5-9-17(20)18(15,11-10-16(13)19)12-14-6-3-2-4-7-14/h2-4,6-7,13,15,17,20H,5,8-12H2,1H3. The SMILES string of the molecule is CC1C(=O)CCC2(Cc3ccccc3)C(O)CCCC12. The van der Waals surface area contributed by atoms with Crippen molar-refractivity contribution in [1.82, 2.24) is 0 Å². The third-order valence-electron chi connectivity index (χ3n) is 5.72. The summed E-state index contributed by atoms with van der Waals surface area (Å²) in [7, 11) is 0. The van der Waals surface area contributed by atoms with Crippen LogP contribution in [0.5, 0.6) is 0 Å². The number of fused-ring (bicyclic) bond motifs is 1. The highest BCUT2D eigenvalue weighted by Crippen LogP contribution is 2.53. The second-order valence-corrected chi connectivity index (χ2v) is 6.70.